The van der Waals surface area contributed by atoms with Gasteiger partial charge in [-0.1, -0.05) is 12.8 Å². The molecule has 1 saturated heterocycles. The smallest absolute Gasteiger partial charge is 0.391 e. The minimum absolute atomic E-state index is 0.215. The van der Waals surface area contributed by atoms with Crippen LogP contribution in [0.1, 0.15) is 38.5 Å². The first-order valence-corrected chi connectivity index (χ1v) is 6.94. The number of aliphatic hydroxyl groups excluding tert-OH is 1. The molecule has 2 fully saturated rings. The fourth-order valence-corrected chi connectivity index (χ4v) is 3.18. The van der Waals surface area contributed by atoms with Gasteiger partial charge >= 0.3 is 6.18 Å². The molecule has 1 aliphatic heterocycles. The lowest BCUT2D eigenvalue weighted by molar-refractivity contribution is -0.185. The van der Waals surface area contributed by atoms with Crippen molar-refractivity contribution in [3.8, 4) is 0 Å². The second kappa shape index (κ2) is 5.78. The van der Waals surface area contributed by atoms with Gasteiger partial charge in [0.15, 0.2) is 0 Å². The molecular weight excluding hydrogens is 243 g/mol. The highest BCUT2D eigenvalue weighted by Gasteiger charge is 2.41. The highest BCUT2D eigenvalue weighted by molar-refractivity contribution is 4.82. The van der Waals surface area contributed by atoms with Gasteiger partial charge in [-0.15, -0.1) is 0 Å². The third-order valence-corrected chi connectivity index (χ3v) is 4.41. The van der Waals surface area contributed by atoms with Gasteiger partial charge in [0.1, 0.15) is 0 Å². The number of piperidine rings is 1. The van der Waals surface area contributed by atoms with Crippen molar-refractivity contribution < 1.29 is 18.3 Å². The lowest BCUT2D eigenvalue weighted by Crippen LogP contribution is -2.43. The number of rotatable bonds is 2. The molecule has 106 valence electrons. The topological polar surface area (TPSA) is 23.5 Å². The summed E-state index contributed by atoms with van der Waals surface area (Å²) in [7, 11) is 0. The van der Waals surface area contributed by atoms with Crippen LogP contribution in [0, 0.1) is 11.8 Å². The highest BCUT2D eigenvalue weighted by atomic mass is 19.4. The molecule has 2 rings (SSSR count). The van der Waals surface area contributed by atoms with Crippen LogP contribution >= 0.6 is 0 Å². The van der Waals surface area contributed by atoms with Crippen molar-refractivity contribution in [1.82, 2.24) is 4.90 Å². The van der Waals surface area contributed by atoms with Crippen LogP contribution in [-0.4, -0.2) is 41.9 Å². The summed E-state index contributed by atoms with van der Waals surface area (Å²) >= 11 is 0. The van der Waals surface area contributed by atoms with Crippen molar-refractivity contribution in [3.05, 3.63) is 0 Å². The minimum atomic E-state index is -4.03. The van der Waals surface area contributed by atoms with E-state index in [1.807, 2.05) is 0 Å². The van der Waals surface area contributed by atoms with Crippen LogP contribution < -0.4 is 0 Å². The molecule has 2 unspecified atom stereocenters. The number of likely N-dealkylation sites (tertiary alicyclic amines) is 1. The first kappa shape index (κ1) is 14.1. The summed E-state index contributed by atoms with van der Waals surface area (Å²) < 4.78 is 37.6. The number of halogens is 3. The van der Waals surface area contributed by atoms with Gasteiger partial charge in [0.2, 0.25) is 0 Å². The quantitative estimate of drug-likeness (QED) is 0.830. The highest BCUT2D eigenvalue weighted by Crippen LogP contribution is 2.35. The molecule has 0 amide bonds. The van der Waals surface area contributed by atoms with E-state index in [1.54, 1.807) is 0 Å². The number of nitrogens with zero attached hydrogens (tertiary/aromatic N) is 1. The lowest BCUT2D eigenvalue weighted by atomic mass is 9.85. The Morgan fingerprint density at radius 3 is 2.17 bits per heavy atom. The third kappa shape index (κ3) is 3.60. The Bertz CT molecular complexity index is 261. The molecule has 2 aliphatic rings. The van der Waals surface area contributed by atoms with Crippen LogP contribution in [0.25, 0.3) is 0 Å². The van der Waals surface area contributed by atoms with Crippen LogP contribution in [0.2, 0.25) is 0 Å². The summed E-state index contributed by atoms with van der Waals surface area (Å²) in [4.78, 5) is 2.10. The van der Waals surface area contributed by atoms with Crippen LogP contribution in [0.4, 0.5) is 13.2 Å². The molecule has 2 atom stereocenters. The van der Waals surface area contributed by atoms with Gasteiger partial charge in [-0.2, -0.15) is 13.2 Å². The lowest BCUT2D eigenvalue weighted by Gasteiger charge is -2.37. The van der Waals surface area contributed by atoms with E-state index < -0.39 is 12.1 Å². The minimum Gasteiger partial charge on any atom is -0.393 e. The van der Waals surface area contributed by atoms with E-state index in [0.717, 1.165) is 32.2 Å². The number of hydrogen-bond acceptors (Lipinski definition) is 2. The van der Waals surface area contributed by atoms with Crippen LogP contribution in [-0.2, 0) is 0 Å². The van der Waals surface area contributed by atoms with Crippen molar-refractivity contribution in [2.24, 2.45) is 11.8 Å². The average Bonchev–Trinajstić information content (AvgIpc) is 2.32. The molecular formula is C13H22F3NO. The summed E-state index contributed by atoms with van der Waals surface area (Å²) in [6.07, 6.45) is 0.229. The molecule has 0 bridgehead atoms. The fourth-order valence-electron chi connectivity index (χ4n) is 3.18. The summed E-state index contributed by atoms with van der Waals surface area (Å²) in [5.74, 6) is -0.855. The molecule has 18 heavy (non-hydrogen) atoms. The van der Waals surface area contributed by atoms with Gasteiger partial charge in [0, 0.05) is 6.54 Å². The second-order valence-electron chi connectivity index (χ2n) is 5.73. The van der Waals surface area contributed by atoms with E-state index >= 15 is 0 Å². The maximum absolute atomic E-state index is 12.5. The van der Waals surface area contributed by atoms with E-state index in [-0.39, 0.29) is 24.9 Å². The van der Waals surface area contributed by atoms with Crippen molar-refractivity contribution in [2.75, 3.05) is 19.6 Å². The zero-order chi connectivity index (χ0) is 13.2. The van der Waals surface area contributed by atoms with Crippen molar-refractivity contribution in [3.63, 3.8) is 0 Å². The Hall–Kier alpha value is -0.290. The Kier molecular flexibility index (Phi) is 4.54. The van der Waals surface area contributed by atoms with E-state index in [0.29, 0.717) is 13.1 Å². The predicted octanol–water partition coefficient (Wildman–Crippen LogP) is 2.81. The summed E-state index contributed by atoms with van der Waals surface area (Å²) in [6, 6.07) is 0. The third-order valence-electron chi connectivity index (χ3n) is 4.41. The number of aliphatic hydroxyl groups is 1. The molecule has 0 aromatic carbocycles. The van der Waals surface area contributed by atoms with Crippen molar-refractivity contribution in [2.45, 2.75) is 50.8 Å². The molecule has 1 saturated carbocycles. The first-order valence-electron chi connectivity index (χ1n) is 6.94. The molecule has 1 aliphatic carbocycles. The molecule has 5 heteroatoms. The van der Waals surface area contributed by atoms with Gasteiger partial charge in [-0.3, -0.25) is 0 Å². The van der Waals surface area contributed by atoms with E-state index in [2.05, 4.69) is 4.90 Å². The van der Waals surface area contributed by atoms with Crippen LogP contribution in [0.3, 0.4) is 0 Å². The zero-order valence-corrected chi connectivity index (χ0v) is 10.6. The Morgan fingerprint density at radius 1 is 1.00 bits per heavy atom. The largest absolute Gasteiger partial charge is 0.393 e. The second-order valence-corrected chi connectivity index (χ2v) is 5.73. The van der Waals surface area contributed by atoms with E-state index in [1.165, 1.54) is 0 Å². The molecule has 1 N–H and O–H groups in total. The molecule has 1 heterocycles. The van der Waals surface area contributed by atoms with Crippen LogP contribution in [0.5, 0.6) is 0 Å². The van der Waals surface area contributed by atoms with Gasteiger partial charge in [0.25, 0.3) is 0 Å². The molecule has 0 aromatic heterocycles. The zero-order valence-electron chi connectivity index (χ0n) is 10.6. The summed E-state index contributed by atoms with van der Waals surface area (Å²) in [5, 5.41) is 9.87. The van der Waals surface area contributed by atoms with Gasteiger partial charge < -0.3 is 10.0 Å². The van der Waals surface area contributed by atoms with Crippen molar-refractivity contribution >= 4 is 0 Å². The van der Waals surface area contributed by atoms with Crippen molar-refractivity contribution in [1.29, 1.82) is 0 Å². The average molecular weight is 265 g/mol. The SMILES string of the molecule is OC1CCCCC1CN1CCC(C(F)(F)F)CC1. The fraction of sp³-hybridized carbons (Fsp3) is 1.00. The summed E-state index contributed by atoms with van der Waals surface area (Å²) in [5.41, 5.74) is 0. The number of hydrogen-bond donors (Lipinski definition) is 1. The molecule has 0 radical (unpaired) electrons. The Morgan fingerprint density at radius 2 is 1.61 bits per heavy atom. The molecule has 0 spiro atoms. The monoisotopic (exact) mass is 265 g/mol. The molecule has 2 nitrogen and oxygen atoms in total. The standard InChI is InChI=1S/C13H22F3NO/c14-13(15,16)11-5-7-17(8-6-11)9-10-3-1-2-4-12(10)18/h10-12,18H,1-9H2. The maximum atomic E-state index is 12.5. The first-order chi connectivity index (χ1) is 8.47. The van der Waals surface area contributed by atoms with E-state index in [4.69, 9.17) is 0 Å². The predicted molar refractivity (Wildman–Crippen MR) is 63.2 cm³/mol. The summed E-state index contributed by atoms with van der Waals surface area (Å²) in [6.45, 7) is 1.81. The van der Waals surface area contributed by atoms with Gasteiger partial charge in [-0.25, -0.2) is 0 Å². The normalized spacial score (nSPS) is 32.7. The Labute approximate surface area is 106 Å². The Balaban J connectivity index is 1.76. The maximum Gasteiger partial charge on any atom is 0.391 e. The van der Waals surface area contributed by atoms with E-state index in [9.17, 15) is 18.3 Å². The van der Waals surface area contributed by atoms with Gasteiger partial charge in [-0.05, 0) is 44.7 Å². The molecule has 0 aromatic rings. The van der Waals surface area contributed by atoms with Crippen LogP contribution in [0.15, 0.2) is 0 Å². The van der Waals surface area contributed by atoms with Gasteiger partial charge in [0.05, 0.1) is 12.0 Å². The number of alkyl halides is 3.